The fourth-order valence-corrected chi connectivity index (χ4v) is 2.23. The highest BCUT2D eigenvalue weighted by molar-refractivity contribution is 6.08. The van der Waals surface area contributed by atoms with Crippen molar-refractivity contribution in [1.82, 2.24) is 4.48 Å². The van der Waals surface area contributed by atoms with Crippen LogP contribution < -0.4 is 20.7 Å². The highest BCUT2D eigenvalue weighted by atomic mass is 16.5. The number of ether oxygens (including phenoxy) is 1. The molecule has 0 aliphatic heterocycles. The van der Waals surface area contributed by atoms with Crippen molar-refractivity contribution in [2.75, 3.05) is 13.2 Å². The molecule has 0 aliphatic carbocycles. The smallest absolute Gasteiger partial charge is 0.426 e. The van der Waals surface area contributed by atoms with Gasteiger partial charge in [0.15, 0.2) is 11.4 Å². The number of carbonyl (C=O) groups excluding carboxylic acids is 1. The molecule has 19 heavy (non-hydrogen) atoms. The van der Waals surface area contributed by atoms with Gasteiger partial charge in [-0.25, -0.2) is 10.2 Å². The van der Waals surface area contributed by atoms with Crippen LogP contribution in [0, 0.1) is 12.3 Å². The van der Waals surface area contributed by atoms with Crippen LogP contribution in [0.25, 0.3) is 0 Å². The van der Waals surface area contributed by atoms with Gasteiger partial charge in [0, 0.05) is 5.56 Å². The number of urea groups is 1. The van der Waals surface area contributed by atoms with Crippen LogP contribution in [0.1, 0.15) is 19.4 Å². The summed E-state index contributed by atoms with van der Waals surface area (Å²) in [5, 5.41) is 7.79. The molecule has 5 N–H and O–H groups in total. The van der Waals surface area contributed by atoms with Crippen LogP contribution in [0.4, 0.5) is 10.5 Å². The number of quaternary nitrogens is 1. The van der Waals surface area contributed by atoms with Crippen molar-refractivity contribution in [3.8, 4) is 5.75 Å². The maximum atomic E-state index is 11.9. The molecule has 1 aromatic rings. The number of hydrogen-bond acceptors (Lipinski definition) is 3. The van der Waals surface area contributed by atoms with E-state index in [1.54, 1.807) is 13.0 Å². The van der Waals surface area contributed by atoms with Gasteiger partial charge in [0.1, 0.15) is 0 Å². The monoisotopic (exact) mass is 265 g/mol. The number of benzene rings is 1. The number of nitrogens with two attached hydrogens (primary N) is 2. The average Bonchev–Trinajstić information content (AvgIpc) is 2.33. The van der Waals surface area contributed by atoms with Gasteiger partial charge in [-0.05, 0) is 26.8 Å². The molecule has 0 aliphatic rings. The van der Waals surface area contributed by atoms with Crippen molar-refractivity contribution in [3.05, 3.63) is 23.8 Å². The highest BCUT2D eigenvalue weighted by Crippen LogP contribution is 2.36. The van der Waals surface area contributed by atoms with Gasteiger partial charge in [-0.1, -0.05) is 12.1 Å². The number of primary amides is 1. The minimum Gasteiger partial charge on any atom is -0.488 e. The van der Waals surface area contributed by atoms with Gasteiger partial charge in [-0.15, -0.1) is 4.48 Å². The molecule has 2 amide bonds. The number of rotatable bonds is 4. The first-order valence-electron chi connectivity index (χ1n) is 6.17. The maximum Gasteiger partial charge on any atom is 0.426 e. The van der Waals surface area contributed by atoms with Gasteiger partial charge in [0.05, 0.1) is 13.2 Å². The second-order valence-corrected chi connectivity index (χ2v) is 4.20. The van der Waals surface area contributed by atoms with E-state index >= 15 is 0 Å². The lowest BCUT2D eigenvalue weighted by atomic mass is 10.1. The zero-order valence-electron chi connectivity index (χ0n) is 11.6. The number of nitrogens with one attached hydrogen (secondary N) is 1. The number of para-hydroxylation sites is 1. The summed E-state index contributed by atoms with van der Waals surface area (Å²) in [6, 6.07) is 4.73. The first-order chi connectivity index (χ1) is 8.91. The molecule has 6 nitrogen and oxygen atoms in total. The SMILES string of the molecule is CCOc1cccc(C)c1[N+](CC)(C(=N)N)C(N)=O. The third-order valence-electron chi connectivity index (χ3n) is 3.14. The minimum atomic E-state index is -0.690. The van der Waals surface area contributed by atoms with E-state index in [2.05, 4.69) is 0 Å². The largest absolute Gasteiger partial charge is 0.488 e. The molecule has 0 fully saturated rings. The van der Waals surface area contributed by atoms with Gasteiger partial charge >= 0.3 is 12.0 Å². The zero-order chi connectivity index (χ0) is 14.6. The molecule has 1 unspecified atom stereocenters. The lowest BCUT2D eigenvalue weighted by Gasteiger charge is -2.31. The summed E-state index contributed by atoms with van der Waals surface area (Å²) in [5.74, 6) is 0.212. The molecule has 1 rings (SSSR count). The van der Waals surface area contributed by atoms with E-state index in [0.717, 1.165) is 5.56 Å². The van der Waals surface area contributed by atoms with E-state index in [-0.39, 0.29) is 12.5 Å². The normalized spacial score (nSPS) is 13.6. The van der Waals surface area contributed by atoms with E-state index in [1.165, 1.54) is 0 Å². The Bertz CT molecular complexity index is 485. The first-order valence-corrected chi connectivity index (χ1v) is 6.17. The minimum absolute atomic E-state index is 0.260. The molecular weight excluding hydrogens is 244 g/mol. The average molecular weight is 265 g/mol. The molecule has 0 radical (unpaired) electrons. The Morgan fingerprint density at radius 1 is 1.37 bits per heavy atom. The summed E-state index contributed by atoms with van der Waals surface area (Å²) >= 11 is 0. The van der Waals surface area contributed by atoms with Crippen molar-refractivity contribution >= 4 is 17.7 Å². The second kappa shape index (κ2) is 5.71. The van der Waals surface area contributed by atoms with Gasteiger partial charge in [-0.3, -0.25) is 0 Å². The van der Waals surface area contributed by atoms with Crippen molar-refractivity contribution < 1.29 is 9.53 Å². The number of guanidine groups is 1. The summed E-state index contributed by atoms with van der Waals surface area (Å²) in [6.45, 7) is 6.16. The van der Waals surface area contributed by atoms with E-state index < -0.39 is 10.5 Å². The molecule has 0 aromatic heterocycles. The Morgan fingerprint density at radius 2 is 2.00 bits per heavy atom. The Labute approximate surface area is 113 Å². The predicted octanol–water partition coefficient (Wildman–Crippen LogP) is 1.69. The number of nitrogens with zero attached hydrogens (tertiary/aromatic N) is 1. The molecule has 0 spiro atoms. The van der Waals surface area contributed by atoms with Crippen LogP contribution in [-0.2, 0) is 0 Å². The number of aryl methyl sites for hydroxylation is 1. The van der Waals surface area contributed by atoms with Gasteiger partial charge in [-0.2, -0.15) is 0 Å². The van der Waals surface area contributed by atoms with Crippen LogP contribution in [-0.4, -0.2) is 25.1 Å². The summed E-state index contributed by atoms with van der Waals surface area (Å²) < 4.78 is 5.02. The first kappa shape index (κ1) is 15.0. The Kier molecular flexibility index (Phi) is 4.50. The van der Waals surface area contributed by atoms with E-state index in [9.17, 15) is 4.79 Å². The van der Waals surface area contributed by atoms with Crippen LogP contribution >= 0.6 is 0 Å². The third kappa shape index (κ3) is 2.39. The second-order valence-electron chi connectivity index (χ2n) is 4.20. The van der Waals surface area contributed by atoms with Crippen molar-refractivity contribution in [2.24, 2.45) is 11.5 Å². The van der Waals surface area contributed by atoms with Crippen LogP contribution in [0.3, 0.4) is 0 Å². The van der Waals surface area contributed by atoms with Crippen LogP contribution in [0.15, 0.2) is 18.2 Å². The van der Waals surface area contributed by atoms with Gasteiger partial charge < -0.3 is 16.2 Å². The maximum absolute atomic E-state index is 11.9. The molecule has 1 atom stereocenters. The third-order valence-corrected chi connectivity index (χ3v) is 3.14. The molecular formula is C13H21N4O2+. The van der Waals surface area contributed by atoms with Gasteiger partial charge in [0.25, 0.3) is 0 Å². The van der Waals surface area contributed by atoms with Crippen LogP contribution in [0.2, 0.25) is 0 Å². The fourth-order valence-electron chi connectivity index (χ4n) is 2.23. The van der Waals surface area contributed by atoms with Gasteiger partial charge in [0.2, 0.25) is 0 Å². The lowest BCUT2D eigenvalue weighted by molar-refractivity contribution is 0.229. The fraction of sp³-hybridized carbons (Fsp3) is 0.385. The standard InChI is InChI=1S/C13H20N4O2/c1-4-17(12(14)15,13(16)18)11-9(3)7-6-8-10(11)19-5-2/h6-8H,4-5H2,1-3H3,(H4-,14,15,16,18)/p+1. The van der Waals surface area contributed by atoms with E-state index in [4.69, 9.17) is 21.6 Å². The number of hydrogen-bond donors (Lipinski definition) is 3. The Balaban J connectivity index is 3.63. The Hall–Kier alpha value is -2.08. The van der Waals surface area contributed by atoms with E-state index in [1.807, 2.05) is 26.0 Å². The molecule has 0 saturated carbocycles. The quantitative estimate of drug-likeness (QED) is 0.438. The summed E-state index contributed by atoms with van der Waals surface area (Å²) in [4.78, 5) is 11.9. The lowest BCUT2D eigenvalue weighted by Crippen LogP contribution is -2.64. The predicted molar refractivity (Wildman–Crippen MR) is 76.2 cm³/mol. The van der Waals surface area contributed by atoms with Crippen molar-refractivity contribution in [2.45, 2.75) is 20.8 Å². The topological polar surface area (TPSA) is 102 Å². The molecule has 1 aromatic carbocycles. The molecule has 104 valence electrons. The number of carbonyl (C=O) groups is 1. The van der Waals surface area contributed by atoms with Crippen molar-refractivity contribution in [1.29, 1.82) is 5.41 Å². The highest BCUT2D eigenvalue weighted by Gasteiger charge is 2.44. The molecule has 6 heteroatoms. The molecule has 0 saturated heterocycles. The summed E-state index contributed by atoms with van der Waals surface area (Å²) in [5.41, 5.74) is 12.5. The molecule has 0 heterocycles. The summed E-state index contributed by atoms with van der Waals surface area (Å²) in [6.07, 6.45) is 0. The molecule has 0 bridgehead atoms. The number of amides is 2. The summed E-state index contributed by atoms with van der Waals surface area (Å²) in [7, 11) is 0. The zero-order valence-corrected chi connectivity index (χ0v) is 11.6. The van der Waals surface area contributed by atoms with Crippen molar-refractivity contribution in [3.63, 3.8) is 0 Å². The Morgan fingerprint density at radius 3 is 2.42 bits per heavy atom. The van der Waals surface area contributed by atoms with Crippen LogP contribution in [0.5, 0.6) is 5.75 Å². The van der Waals surface area contributed by atoms with E-state index in [0.29, 0.717) is 18.0 Å².